The molecule has 19 heavy (non-hydrogen) atoms. The van der Waals surface area contributed by atoms with Crippen molar-refractivity contribution in [3.8, 4) is 0 Å². The number of aryl methyl sites for hydroxylation is 1. The van der Waals surface area contributed by atoms with Crippen LogP contribution in [0.15, 0.2) is 41.3 Å². The average molecular weight is 279 g/mol. The SMILES string of the molecule is Cc1ccc(S(=O)(=O)C(C)N2C(=O)C=CC2=O)cc1. The summed E-state index contributed by atoms with van der Waals surface area (Å²) in [5.41, 5.74) is 0.932. The number of amides is 2. The molecule has 5 nitrogen and oxygen atoms in total. The van der Waals surface area contributed by atoms with E-state index in [4.69, 9.17) is 0 Å². The van der Waals surface area contributed by atoms with Crippen molar-refractivity contribution < 1.29 is 18.0 Å². The lowest BCUT2D eigenvalue weighted by Gasteiger charge is -2.22. The Morgan fingerprint density at radius 1 is 1.00 bits per heavy atom. The topological polar surface area (TPSA) is 71.5 Å². The van der Waals surface area contributed by atoms with Gasteiger partial charge in [-0.25, -0.2) is 8.42 Å². The standard InChI is InChI=1S/C13H13NO4S/c1-9-3-5-11(6-4-9)19(17,18)10(2)14-12(15)7-8-13(14)16/h3-8,10H,1-2H3. The Kier molecular flexibility index (Phi) is 3.28. The summed E-state index contributed by atoms with van der Waals surface area (Å²) in [5, 5.41) is -1.22. The van der Waals surface area contributed by atoms with Gasteiger partial charge in [0.05, 0.1) is 4.90 Å². The number of hydrogen-bond acceptors (Lipinski definition) is 4. The minimum Gasteiger partial charge on any atom is -0.269 e. The third kappa shape index (κ3) is 2.31. The second-order valence-electron chi connectivity index (χ2n) is 4.34. The lowest BCUT2D eigenvalue weighted by molar-refractivity contribution is -0.137. The van der Waals surface area contributed by atoms with Gasteiger partial charge in [0.2, 0.25) is 0 Å². The van der Waals surface area contributed by atoms with Crippen LogP contribution in [0.5, 0.6) is 0 Å². The van der Waals surface area contributed by atoms with Crippen LogP contribution < -0.4 is 0 Å². The van der Waals surface area contributed by atoms with E-state index in [9.17, 15) is 18.0 Å². The average Bonchev–Trinajstić information content (AvgIpc) is 2.68. The van der Waals surface area contributed by atoms with Gasteiger partial charge in [-0.3, -0.25) is 14.5 Å². The highest BCUT2D eigenvalue weighted by Gasteiger charge is 2.37. The van der Waals surface area contributed by atoms with Gasteiger partial charge in [-0.15, -0.1) is 0 Å². The summed E-state index contributed by atoms with van der Waals surface area (Å²) < 4.78 is 24.7. The molecule has 0 aromatic heterocycles. The van der Waals surface area contributed by atoms with Gasteiger partial charge >= 0.3 is 0 Å². The maximum absolute atomic E-state index is 12.3. The lowest BCUT2D eigenvalue weighted by atomic mass is 10.2. The van der Waals surface area contributed by atoms with E-state index < -0.39 is 27.0 Å². The molecule has 1 aliphatic heterocycles. The van der Waals surface area contributed by atoms with Crippen molar-refractivity contribution in [1.82, 2.24) is 4.90 Å². The van der Waals surface area contributed by atoms with Gasteiger partial charge in [0.15, 0.2) is 9.84 Å². The van der Waals surface area contributed by atoms with E-state index in [1.807, 2.05) is 6.92 Å². The molecule has 1 heterocycles. The first-order chi connectivity index (χ1) is 8.84. The number of sulfone groups is 1. The van der Waals surface area contributed by atoms with Crippen LogP contribution in [-0.4, -0.2) is 30.5 Å². The Balaban J connectivity index is 2.37. The summed E-state index contributed by atoms with van der Waals surface area (Å²) in [6, 6.07) is 6.29. The van der Waals surface area contributed by atoms with Crippen LogP contribution in [0, 0.1) is 6.92 Å². The highest BCUT2D eigenvalue weighted by molar-refractivity contribution is 7.92. The molecular weight excluding hydrogens is 266 g/mol. The molecule has 0 saturated heterocycles. The van der Waals surface area contributed by atoms with Gasteiger partial charge in [0.25, 0.3) is 11.8 Å². The summed E-state index contributed by atoms with van der Waals surface area (Å²) in [6.07, 6.45) is 2.15. The highest BCUT2D eigenvalue weighted by atomic mass is 32.2. The van der Waals surface area contributed by atoms with E-state index in [2.05, 4.69) is 0 Å². The predicted octanol–water partition coefficient (Wildman–Crippen LogP) is 1.04. The van der Waals surface area contributed by atoms with Gasteiger partial charge in [-0.1, -0.05) is 17.7 Å². The van der Waals surface area contributed by atoms with Crippen molar-refractivity contribution in [1.29, 1.82) is 0 Å². The van der Waals surface area contributed by atoms with Gasteiger partial charge in [0, 0.05) is 12.2 Å². The minimum absolute atomic E-state index is 0.0955. The van der Waals surface area contributed by atoms with Gasteiger partial charge < -0.3 is 0 Å². The third-order valence-corrected chi connectivity index (χ3v) is 5.04. The second kappa shape index (κ2) is 4.62. The van der Waals surface area contributed by atoms with Crippen molar-refractivity contribution in [2.45, 2.75) is 24.1 Å². The Morgan fingerprint density at radius 2 is 1.47 bits per heavy atom. The van der Waals surface area contributed by atoms with Crippen molar-refractivity contribution in [3.05, 3.63) is 42.0 Å². The highest BCUT2D eigenvalue weighted by Crippen LogP contribution is 2.21. The Bertz CT molecular complexity index is 640. The molecule has 1 aromatic rings. The molecule has 0 radical (unpaired) electrons. The molecule has 1 unspecified atom stereocenters. The van der Waals surface area contributed by atoms with Gasteiger partial charge in [-0.2, -0.15) is 0 Å². The number of nitrogens with zero attached hydrogens (tertiary/aromatic N) is 1. The van der Waals surface area contributed by atoms with Crippen LogP contribution in [-0.2, 0) is 19.4 Å². The van der Waals surface area contributed by atoms with E-state index in [0.717, 1.165) is 22.6 Å². The molecular formula is C13H13NO4S. The fourth-order valence-corrected chi connectivity index (χ4v) is 3.23. The molecule has 6 heteroatoms. The smallest absolute Gasteiger partial charge is 0.254 e. The molecule has 0 fully saturated rings. The summed E-state index contributed by atoms with van der Waals surface area (Å²) >= 11 is 0. The first-order valence-corrected chi connectivity index (χ1v) is 7.24. The number of carbonyl (C=O) groups excluding carboxylic acids is 2. The van der Waals surface area contributed by atoms with Gasteiger partial charge in [0.1, 0.15) is 5.37 Å². The van der Waals surface area contributed by atoms with E-state index in [1.54, 1.807) is 12.1 Å². The first-order valence-electron chi connectivity index (χ1n) is 5.70. The zero-order valence-electron chi connectivity index (χ0n) is 10.5. The second-order valence-corrected chi connectivity index (χ2v) is 6.58. The van der Waals surface area contributed by atoms with Crippen molar-refractivity contribution >= 4 is 21.7 Å². The van der Waals surface area contributed by atoms with Crippen LogP contribution in [0.4, 0.5) is 0 Å². The predicted molar refractivity (Wildman–Crippen MR) is 68.8 cm³/mol. The molecule has 0 aliphatic carbocycles. The Morgan fingerprint density at radius 3 is 1.95 bits per heavy atom. The molecule has 1 aliphatic rings. The molecule has 1 atom stereocenters. The fraction of sp³-hybridized carbons (Fsp3) is 0.231. The van der Waals surface area contributed by atoms with E-state index in [0.29, 0.717) is 0 Å². The summed E-state index contributed by atoms with van der Waals surface area (Å²) in [6.45, 7) is 3.18. The zero-order chi connectivity index (χ0) is 14.2. The fourth-order valence-electron chi connectivity index (χ4n) is 1.83. The van der Waals surface area contributed by atoms with Crippen molar-refractivity contribution in [2.24, 2.45) is 0 Å². The maximum atomic E-state index is 12.3. The van der Waals surface area contributed by atoms with E-state index in [1.165, 1.54) is 19.1 Å². The monoisotopic (exact) mass is 279 g/mol. The van der Waals surface area contributed by atoms with Crippen LogP contribution in [0.25, 0.3) is 0 Å². The summed E-state index contributed by atoms with van der Waals surface area (Å²) in [5.74, 6) is -1.21. The number of rotatable bonds is 3. The molecule has 0 spiro atoms. The van der Waals surface area contributed by atoms with Crippen LogP contribution in [0.3, 0.4) is 0 Å². The number of imide groups is 1. The first kappa shape index (κ1) is 13.5. The maximum Gasteiger partial charge on any atom is 0.254 e. The van der Waals surface area contributed by atoms with Crippen molar-refractivity contribution in [3.63, 3.8) is 0 Å². The van der Waals surface area contributed by atoms with Crippen molar-refractivity contribution in [2.75, 3.05) is 0 Å². The van der Waals surface area contributed by atoms with Gasteiger partial charge in [-0.05, 0) is 26.0 Å². The normalized spacial score (nSPS) is 17.1. The van der Waals surface area contributed by atoms with E-state index in [-0.39, 0.29) is 4.90 Å². The molecule has 0 N–H and O–H groups in total. The molecule has 2 rings (SSSR count). The van der Waals surface area contributed by atoms with E-state index >= 15 is 0 Å². The van der Waals surface area contributed by atoms with Crippen LogP contribution in [0.1, 0.15) is 12.5 Å². The zero-order valence-corrected chi connectivity index (χ0v) is 11.3. The number of carbonyl (C=O) groups is 2. The number of benzene rings is 1. The molecule has 2 amide bonds. The Labute approximate surface area is 111 Å². The summed E-state index contributed by atoms with van der Waals surface area (Å²) in [7, 11) is -3.76. The Hall–Kier alpha value is -1.95. The molecule has 1 aromatic carbocycles. The summed E-state index contributed by atoms with van der Waals surface area (Å²) in [4.78, 5) is 23.9. The van der Waals surface area contributed by atoms with Crippen LogP contribution >= 0.6 is 0 Å². The quantitative estimate of drug-likeness (QED) is 0.775. The largest absolute Gasteiger partial charge is 0.269 e. The third-order valence-electron chi connectivity index (χ3n) is 3.01. The molecule has 0 bridgehead atoms. The molecule has 0 saturated carbocycles. The lowest BCUT2D eigenvalue weighted by Crippen LogP contribution is -2.42. The molecule has 100 valence electrons. The number of hydrogen-bond donors (Lipinski definition) is 0. The van der Waals surface area contributed by atoms with Crippen LogP contribution in [0.2, 0.25) is 0 Å². The minimum atomic E-state index is -3.76.